The minimum absolute atomic E-state index is 0.339. The molecule has 3 rings (SSSR count). The van der Waals surface area contributed by atoms with Crippen LogP contribution in [0.25, 0.3) is 21.8 Å². The van der Waals surface area contributed by atoms with Crippen molar-refractivity contribution in [3.63, 3.8) is 0 Å². The summed E-state index contributed by atoms with van der Waals surface area (Å²) in [5.74, 6) is -1.44. The van der Waals surface area contributed by atoms with Crippen molar-refractivity contribution in [2.24, 2.45) is 0 Å². The Morgan fingerprint density at radius 1 is 1.20 bits per heavy atom. The predicted octanol–water partition coefficient (Wildman–Crippen LogP) is 2.39. The topological polar surface area (TPSA) is 106 Å². The van der Waals surface area contributed by atoms with Crippen LogP contribution in [0.5, 0.6) is 0 Å². The molecule has 3 aromatic rings. The van der Waals surface area contributed by atoms with Crippen LogP contribution in [0.2, 0.25) is 0 Å². The van der Waals surface area contributed by atoms with Crippen molar-refractivity contribution < 1.29 is 14.8 Å². The quantitative estimate of drug-likeness (QED) is 0.435. The fourth-order valence-corrected chi connectivity index (χ4v) is 2.06. The molecule has 0 bridgehead atoms. The van der Waals surface area contributed by atoms with E-state index >= 15 is 0 Å². The lowest BCUT2D eigenvalue weighted by atomic mass is 10.1. The van der Waals surface area contributed by atoms with Crippen LogP contribution in [-0.4, -0.2) is 26.0 Å². The second kappa shape index (κ2) is 4.23. The number of hydrogen-bond acceptors (Lipinski definition) is 5. The zero-order valence-electron chi connectivity index (χ0n) is 9.98. The molecule has 0 aliphatic rings. The summed E-state index contributed by atoms with van der Waals surface area (Å²) in [6.45, 7) is 0. The third-order valence-corrected chi connectivity index (χ3v) is 2.94. The van der Waals surface area contributed by atoms with Crippen molar-refractivity contribution in [2.75, 3.05) is 0 Å². The number of hydrogen-bond donors (Lipinski definition) is 1. The summed E-state index contributed by atoms with van der Waals surface area (Å²) in [5.41, 5.74) is -0.255. The molecule has 0 spiro atoms. The molecule has 0 saturated heterocycles. The Morgan fingerprint density at radius 2 is 1.95 bits per heavy atom. The molecule has 0 saturated carbocycles. The van der Waals surface area contributed by atoms with Gasteiger partial charge in [0.25, 0.3) is 0 Å². The first kappa shape index (κ1) is 12.0. The molecule has 0 unspecified atom stereocenters. The highest BCUT2D eigenvalue weighted by atomic mass is 16.6. The molecule has 0 radical (unpaired) electrons. The van der Waals surface area contributed by atoms with Gasteiger partial charge in [-0.25, -0.2) is 9.78 Å². The molecule has 0 amide bonds. The average Bonchev–Trinajstić information content (AvgIpc) is 2.45. The van der Waals surface area contributed by atoms with E-state index in [-0.39, 0.29) is 0 Å². The van der Waals surface area contributed by atoms with Gasteiger partial charge in [0, 0.05) is 23.0 Å². The molecule has 0 aliphatic carbocycles. The first-order chi connectivity index (χ1) is 9.58. The maximum atomic E-state index is 11.1. The van der Waals surface area contributed by atoms with Crippen LogP contribution in [0.3, 0.4) is 0 Å². The summed E-state index contributed by atoms with van der Waals surface area (Å²) < 4.78 is 0. The number of fused-ring (bicyclic) bond motifs is 3. The number of carboxylic acids is 1. The number of nitrogens with zero attached hydrogens (tertiary/aromatic N) is 3. The highest BCUT2D eigenvalue weighted by Crippen LogP contribution is 2.27. The largest absolute Gasteiger partial charge is 0.476 e. The highest BCUT2D eigenvalue weighted by molar-refractivity contribution is 6.05. The molecule has 7 nitrogen and oxygen atoms in total. The number of rotatable bonds is 2. The van der Waals surface area contributed by atoms with Crippen LogP contribution in [0.1, 0.15) is 10.5 Å². The van der Waals surface area contributed by atoms with Gasteiger partial charge >= 0.3 is 11.7 Å². The van der Waals surface area contributed by atoms with Gasteiger partial charge in [-0.3, -0.25) is 15.1 Å². The van der Waals surface area contributed by atoms with E-state index in [0.717, 1.165) is 5.39 Å². The third-order valence-electron chi connectivity index (χ3n) is 2.94. The van der Waals surface area contributed by atoms with Crippen LogP contribution in [-0.2, 0) is 0 Å². The zero-order chi connectivity index (χ0) is 14.3. The summed E-state index contributed by atoms with van der Waals surface area (Å²) in [6.07, 6.45) is 1.56. The van der Waals surface area contributed by atoms with Crippen molar-refractivity contribution >= 4 is 33.5 Å². The number of aromatic carboxylic acids is 1. The Balaban J connectivity index is 2.48. The zero-order valence-corrected chi connectivity index (χ0v) is 9.98. The summed E-state index contributed by atoms with van der Waals surface area (Å²) in [6, 6.07) is 8.18. The Morgan fingerprint density at radius 3 is 2.65 bits per heavy atom. The van der Waals surface area contributed by atoms with Crippen molar-refractivity contribution in [3.8, 4) is 0 Å². The fourth-order valence-electron chi connectivity index (χ4n) is 2.06. The van der Waals surface area contributed by atoms with E-state index in [4.69, 9.17) is 5.11 Å². The van der Waals surface area contributed by atoms with E-state index in [1.54, 1.807) is 24.4 Å². The number of carboxylic acid groups (broad SMARTS) is 1. The predicted molar refractivity (Wildman–Crippen MR) is 70.7 cm³/mol. The van der Waals surface area contributed by atoms with E-state index in [9.17, 15) is 14.9 Å². The van der Waals surface area contributed by atoms with Gasteiger partial charge in [0.2, 0.25) is 5.69 Å². The summed E-state index contributed by atoms with van der Waals surface area (Å²) in [4.78, 5) is 29.4. The SMILES string of the molecule is O=C(O)c1nc2c(ccc3cccnc32)cc1[N+](=O)[O-]. The minimum atomic E-state index is -1.44. The fraction of sp³-hybridized carbons (Fsp3) is 0. The van der Waals surface area contributed by atoms with Crippen LogP contribution in [0, 0.1) is 10.1 Å². The molecule has 2 heterocycles. The van der Waals surface area contributed by atoms with Gasteiger partial charge < -0.3 is 5.11 Å². The lowest BCUT2D eigenvalue weighted by Gasteiger charge is -2.04. The van der Waals surface area contributed by atoms with Gasteiger partial charge in [-0.15, -0.1) is 0 Å². The van der Waals surface area contributed by atoms with Gasteiger partial charge in [0.05, 0.1) is 16.0 Å². The minimum Gasteiger partial charge on any atom is -0.476 e. The van der Waals surface area contributed by atoms with Crippen LogP contribution in [0.4, 0.5) is 5.69 Å². The van der Waals surface area contributed by atoms with Crippen LogP contribution >= 0.6 is 0 Å². The van der Waals surface area contributed by atoms with E-state index in [2.05, 4.69) is 9.97 Å². The van der Waals surface area contributed by atoms with Gasteiger partial charge in [0.1, 0.15) is 0 Å². The van der Waals surface area contributed by atoms with Gasteiger partial charge in [0.15, 0.2) is 0 Å². The molecule has 0 fully saturated rings. The van der Waals surface area contributed by atoms with E-state index in [1.165, 1.54) is 6.07 Å². The van der Waals surface area contributed by atoms with Crippen molar-refractivity contribution in [2.45, 2.75) is 0 Å². The lowest BCUT2D eigenvalue weighted by molar-refractivity contribution is -0.385. The Labute approximate surface area is 111 Å². The molecule has 2 aromatic heterocycles. The number of carbonyl (C=O) groups is 1. The third kappa shape index (κ3) is 1.72. The maximum absolute atomic E-state index is 11.1. The molecule has 98 valence electrons. The Kier molecular flexibility index (Phi) is 2.53. The number of pyridine rings is 2. The van der Waals surface area contributed by atoms with Crippen molar-refractivity contribution in [3.05, 3.63) is 52.3 Å². The molecule has 0 atom stereocenters. The van der Waals surface area contributed by atoms with E-state index in [1.807, 2.05) is 6.07 Å². The van der Waals surface area contributed by atoms with Crippen molar-refractivity contribution in [1.82, 2.24) is 9.97 Å². The molecule has 7 heteroatoms. The first-order valence-electron chi connectivity index (χ1n) is 5.64. The number of nitro groups is 1. The maximum Gasteiger partial charge on any atom is 0.361 e. The highest BCUT2D eigenvalue weighted by Gasteiger charge is 2.23. The van der Waals surface area contributed by atoms with Gasteiger partial charge in [-0.05, 0) is 6.07 Å². The molecule has 1 N–H and O–H groups in total. The lowest BCUT2D eigenvalue weighted by Crippen LogP contribution is -2.06. The molecule has 0 aliphatic heterocycles. The molecular weight excluding hydrogens is 262 g/mol. The number of aromatic nitrogens is 2. The first-order valence-corrected chi connectivity index (χ1v) is 5.64. The van der Waals surface area contributed by atoms with Gasteiger partial charge in [-0.1, -0.05) is 18.2 Å². The van der Waals surface area contributed by atoms with Crippen LogP contribution < -0.4 is 0 Å². The second-order valence-corrected chi connectivity index (χ2v) is 4.13. The smallest absolute Gasteiger partial charge is 0.361 e. The Bertz CT molecular complexity index is 876. The van der Waals surface area contributed by atoms with E-state index < -0.39 is 22.3 Å². The van der Waals surface area contributed by atoms with Gasteiger partial charge in [-0.2, -0.15) is 0 Å². The Hall–Kier alpha value is -3.09. The molecule has 1 aromatic carbocycles. The summed E-state index contributed by atoms with van der Waals surface area (Å²) in [5, 5.41) is 21.2. The standard InChI is InChI=1S/C13H7N3O4/c17-13(18)12-9(16(19)20)6-8-4-3-7-2-1-5-14-10(7)11(8)15-12/h1-6H,(H,17,18). The average molecular weight is 269 g/mol. The molecule has 20 heavy (non-hydrogen) atoms. The molecular formula is C13H7N3O4. The van der Waals surface area contributed by atoms with Crippen molar-refractivity contribution in [1.29, 1.82) is 0 Å². The summed E-state index contributed by atoms with van der Waals surface area (Å²) in [7, 11) is 0. The summed E-state index contributed by atoms with van der Waals surface area (Å²) >= 11 is 0. The van der Waals surface area contributed by atoms with Crippen LogP contribution in [0.15, 0.2) is 36.5 Å². The normalized spacial score (nSPS) is 10.8. The monoisotopic (exact) mass is 269 g/mol. The second-order valence-electron chi connectivity index (χ2n) is 4.13. The number of benzene rings is 1. The van der Waals surface area contributed by atoms with E-state index in [0.29, 0.717) is 16.4 Å².